The Morgan fingerprint density at radius 3 is 2.62 bits per heavy atom. The highest BCUT2D eigenvalue weighted by molar-refractivity contribution is 6.30. The second-order valence-corrected chi connectivity index (χ2v) is 5.24. The third-order valence-electron chi connectivity index (χ3n) is 3.48. The molecular weight excluding hydrogens is 296 g/mol. The van der Waals surface area contributed by atoms with E-state index in [0.717, 1.165) is 6.07 Å². The van der Waals surface area contributed by atoms with Crippen LogP contribution < -0.4 is 5.32 Å². The Balaban J connectivity index is 2.57. The Morgan fingerprint density at radius 2 is 1.95 bits per heavy atom. The maximum Gasteiger partial charge on any atom is 0.211 e. The zero-order valence-corrected chi connectivity index (χ0v) is 12.3. The maximum atomic E-state index is 14.1. The third kappa shape index (κ3) is 3.05. The van der Waals surface area contributed by atoms with E-state index < -0.39 is 17.6 Å². The van der Waals surface area contributed by atoms with Gasteiger partial charge in [0.15, 0.2) is 11.6 Å². The number of benzene rings is 2. The fourth-order valence-corrected chi connectivity index (χ4v) is 2.62. The standard InChI is InChI=1S/C16H14ClF2NO/c1-9-3-6-13(18)16(19)15(9)10(2)12-5-4-11(17)7-14(12)20-8-21/h3-8,10H,1-2H3,(H,20,21). The molecular formula is C16H14ClF2NO. The zero-order chi connectivity index (χ0) is 15.6. The molecule has 0 aliphatic heterocycles. The van der Waals surface area contributed by atoms with E-state index in [1.165, 1.54) is 6.07 Å². The summed E-state index contributed by atoms with van der Waals surface area (Å²) in [5, 5.41) is 2.99. The molecule has 0 radical (unpaired) electrons. The van der Waals surface area contributed by atoms with Gasteiger partial charge >= 0.3 is 0 Å². The lowest BCUT2D eigenvalue weighted by molar-refractivity contribution is -0.105. The van der Waals surface area contributed by atoms with Crippen molar-refractivity contribution in [2.75, 3.05) is 5.32 Å². The molecule has 0 bridgehead atoms. The molecule has 0 spiro atoms. The first-order valence-electron chi connectivity index (χ1n) is 6.39. The van der Waals surface area contributed by atoms with E-state index in [1.807, 2.05) is 0 Å². The van der Waals surface area contributed by atoms with Gasteiger partial charge in [0.25, 0.3) is 0 Å². The Kier molecular flexibility index (Phi) is 4.58. The summed E-state index contributed by atoms with van der Waals surface area (Å²) in [5.74, 6) is -2.18. The fraction of sp³-hybridized carbons (Fsp3) is 0.188. The summed E-state index contributed by atoms with van der Waals surface area (Å²) in [6.07, 6.45) is 0.524. The zero-order valence-electron chi connectivity index (χ0n) is 11.6. The normalized spacial score (nSPS) is 12.0. The van der Waals surface area contributed by atoms with Gasteiger partial charge in [0.1, 0.15) is 0 Å². The minimum absolute atomic E-state index is 0.270. The number of amides is 1. The number of hydrogen-bond acceptors (Lipinski definition) is 1. The smallest absolute Gasteiger partial charge is 0.211 e. The molecule has 0 aromatic heterocycles. The van der Waals surface area contributed by atoms with Crippen molar-refractivity contribution in [3.05, 3.63) is 63.7 Å². The van der Waals surface area contributed by atoms with Crippen LogP contribution in [0.1, 0.15) is 29.5 Å². The predicted octanol–water partition coefficient (Wildman–Crippen LogP) is 4.65. The van der Waals surface area contributed by atoms with E-state index in [9.17, 15) is 13.6 Å². The van der Waals surface area contributed by atoms with E-state index >= 15 is 0 Å². The molecule has 0 heterocycles. The molecule has 0 aliphatic rings. The van der Waals surface area contributed by atoms with Gasteiger partial charge in [-0.15, -0.1) is 0 Å². The minimum Gasteiger partial charge on any atom is -0.328 e. The van der Waals surface area contributed by atoms with Gasteiger partial charge in [-0.05, 0) is 36.2 Å². The highest BCUT2D eigenvalue weighted by Gasteiger charge is 2.21. The predicted molar refractivity (Wildman–Crippen MR) is 79.8 cm³/mol. The summed E-state index contributed by atoms with van der Waals surface area (Å²) < 4.78 is 27.6. The van der Waals surface area contributed by atoms with E-state index in [4.69, 9.17) is 11.6 Å². The second-order valence-electron chi connectivity index (χ2n) is 4.81. The summed E-state index contributed by atoms with van der Waals surface area (Å²) in [6.45, 7) is 3.47. The number of carbonyl (C=O) groups excluding carboxylic acids is 1. The summed E-state index contributed by atoms with van der Waals surface area (Å²) in [6, 6.07) is 7.56. The molecule has 2 aromatic rings. The molecule has 0 saturated carbocycles. The van der Waals surface area contributed by atoms with Crippen molar-refractivity contribution in [1.29, 1.82) is 0 Å². The largest absolute Gasteiger partial charge is 0.328 e. The highest BCUT2D eigenvalue weighted by atomic mass is 35.5. The molecule has 2 rings (SSSR count). The molecule has 2 aromatic carbocycles. The first-order valence-corrected chi connectivity index (χ1v) is 6.77. The average molecular weight is 310 g/mol. The molecule has 0 aliphatic carbocycles. The topological polar surface area (TPSA) is 29.1 Å². The average Bonchev–Trinajstić information content (AvgIpc) is 2.44. The molecule has 1 atom stereocenters. The molecule has 5 heteroatoms. The fourth-order valence-electron chi connectivity index (χ4n) is 2.44. The Morgan fingerprint density at radius 1 is 1.24 bits per heavy atom. The number of aryl methyl sites for hydroxylation is 1. The number of carbonyl (C=O) groups is 1. The highest BCUT2D eigenvalue weighted by Crippen LogP contribution is 2.35. The monoisotopic (exact) mass is 309 g/mol. The SMILES string of the molecule is Cc1ccc(F)c(F)c1C(C)c1ccc(Cl)cc1NC=O. The van der Waals surface area contributed by atoms with E-state index in [1.54, 1.807) is 32.0 Å². The van der Waals surface area contributed by atoms with Crippen molar-refractivity contribution in [3.63, 3.8) is 0 Å². The van der Waals surface area contributed by atoms with Crippen LogP contribution in [0.2, 0.25) is 5.02 Å². The quantitative estimate of drug-likeness (QED) is 0.819. The van der Waals surface area contributed by atoms with Crippen LogP contribution in [-0.2, 0) is 4.79 Å². The lowest BCUT2D eigenvalue weighted by Gasteiger charge is -2.19. The number of halogens is 3. The summed E-state index contributed by atoms with van der Waals surface area (Å²) in [4.78, 5) is 10.7. The Bertz CT molecular complexity index is 688. The van der Waals surface area contributed by atoms with Gasteiger partial charge in [-0.1, -0.05) is 30.7 Å². The van der Waals surface area contributed by atoms with Gasteiger partial charge in [0, 0.05) is 22.2 Å². The molecule has 0 fully saturated rings. The molecule has 1 amide bonds. The van der Waals surface area contributed by atoms with E-state index in [0.29, 0.717) is 28.2 Å². The van der Waals surface area contributed by atoms with Gasteiger partial charge in [-0.25, -0.2) is 8.78 Å². The number of hydrogen-bond donors (Lipinski definition) is 1. The molecule has 1 N–H and O–H groups in total. The van der Waals surface area contributed by atoms with Crippen molar-refractivity contribution in [1.82, 2.24) is 0 Å². The van der Waals surface area contributed by atoms with Crippen LogP contribution in [0.4, 0.5) is 14.5 Å². The van der Waals surface area contributed by atoms with Gasteiger partial charge < -0.3 is 5.32 Å². The van der Waals surface area contributed by atoms with Crippen molar-refractivity contribution >= 4 is 23.7 Å². The van der Waals surface area contributed by atoms with Crippen LogP contribution in [-0.4, -0.2) is 6.41 Å². The molecule has 110 valence electrons. The summed E-state index contributed by atoms with van der Waals surface area (Å²) >= 11 is 5.90. The van der Waals surface area contributed by atoms with Crippen LogP contribution in [0.3, 0.4) is 0 Å². The lowest BCUT2D eigenvalue weighted by Crippen LogP contribution is -2.08. The van der Waals surface area contributed by atoms with Gasteiger partial charge in [0.2, 0.25) is 6.41 Å². The van der Waals surface area contributed by atoms with Crippen LogP contribution in [0.5, 0.6) is 0 Å². The van der Waals surface area contributed by atoms with Gasteiger partial charge in [-0.3, -0.25) is 4.79 Å². The second kappa shape index (κ2) is 6.22. The number of rotatable bonds is 4. The van der Waals surface area contributed by atoms with E-state index in [-0.39, 0.29) is 5.56 Å². The maximum absolute atomic E-state index is 14.1. The molecule has 2 nitrogen and oxygen atoms in total. The summed E-state index contributed by atoms with van der Waals surface area (Å²) in [7, 11) is 0. The summed E-state index contributed by atoms with van der Waals surface area (Å²) in [5.41, 5.74) is 2.06. The van der Waals surface area contributed by atoms with Crippen LogP contribution >= 0.6 is 11.6 Å². The first-order chi connectivity index (χ1) is 9.95. The molecule has 0 saturated heterocycles. The van der Waals surface area contributed by atoms with Crippen molar-refractivity contribution in [2.24, 2.45) is 0 Å². The van der Waals surface area contributed by atoms with Crippen molar-refractivity contribution in [2.45, 2.75) is 19.8 Å². The van der Waals surface area contributed by atoms with Gasteiger partial charge in [-0.2, -0.15) is 0 Å². The third-order valence-corrected chi connectivity index (χ3v) is 3.72. The van der Waals surface area contributed by atoms with E-state index in [2.05, 4.69) is 5.32 Å². The molecule has 1 unspecified atom stereocenters. The first kappa shape index (κ1) is 15.4. The van der Waals surface area contributed by atoms with Crippen molar-refractivity contribution < 1.29 is 13.6 Å². The van der Waals surface area contributed by atoms with Gasteiger partial charge in [0.05, 0.1) is 0 Å². The lowest BCUT2D eigenvalue weighted by atomic mass is 9.88. The number of nitrogens with one attached hydrogen (secondary N) is 1. The van der Waals surface area contributed by atoms with Crippen LogP contribution in [0.25, 0.3) is 0 Å². The Hall–Kier alpha value is -1.94. The Labute approximate surface area is 126 Å². The van der Waals surface area contributed by atoms with Crippen LogP contribution in [0.15, 0.2) is 30.3 Å². The minimum atomic E-state index is -0.888. The molecule has 21 heavy (non-hydrogen) atoms. The van der Waals surface area contributed by atoms with Crippen LogP contribution in [0, 0.1) is 18.6 Å². The number of anilines is 1. The van der Waals surface area contributed by atoms with Crippen molar-refractivity contribution in [3.8, 4) is 0 Å².